The molecule has 2 aromatic rings. The number of amides is 1. The number of sulfonamides is 1. The van der Waals surface area contributed by atoms with Crippen LogP contribution in [0.5, 0.6) is 0 Å². The van der Waals surface area contributed by atoms with E-state index in [2.05, 4.69) is 54.5 Å². The first-order valence-corrected chi connectivity index (χ1v) is 16.4. The Morgan fingerprint density at radius 1 is 1.17 bits per heavy atom. The Morgan fingerprint density at radius 2 is 1.80 bits per heavy atom. The molecule has 0 radical (unpaired) electrons. The Hall–Kier alpha value is -1.92. The van der Waals surface area contributed by atoms with Gasteiger partial charge in [-0.3, -0.25) is 9.62 Å². The average Bonchev–Trinajstić information content (AvgIpc) is 2.75. The van der Waals surface area contributed by atoms with Gasteiger partial charge in [-0.15, -0.1) is 0 Å². The smallest absolute Gasteiger partial charge is 0.407 e. The lowest BCUT2D eigenvalue weighted by molar-refractivity contribution is 0.0780. The maximum absolute atomic E-state index is 12.9. The molecule has 35 heavy (non-hydrogen) atoms. The Balaban J connectivity index is 2.41. The summed E-state index contributed by atoms with van der Waals surface area (Å²) in [7, 11) is -4.49. The maximum atomic E-state index is 12.9. The minimum atomic E-state index is -3.82. The topological polar surface area (TPSA) is 105 Å². The highest BCUT2D eigenvalue weighted by Crippen LogP contribution is 2.38. The van der Waals surface area contributed by atoms with E-state index in [0.717, 1.165) is 4.47 Å². The summed E-state index contributed by atoms with van der Waals surface area (Å²) in [5.74, 6) is 0. The van der Waals surface area contributed by atoms with Gasteiger partial charge < -0.3 is 14.3 Å². The Bertz CT molecular complexity index is 1100. The van der Waals surface area contributed by atoms with Crippen molar-refractivity contribution in [3.8, 4) is 0 Å². The summed E-state index contributed by atoms with van der Waals surface area (Å²) in [6.45, 7) is 11.1. The van der Waals surface area contributed by atoms with Crippen molar-refractivity contribution in [2.75, 3.05) is 31.6 Å². The normalized spacial score (nSPS) is 13.3. The van der Waals surface area contributed by atoms with Crippen molar-refractivity contribution < 1.29 is 27.5 Å². The molecule has 8 nitrogen and oxygen atoms in total. The number of hydrogen-bond acceptors (Lipinski definition) is 5. The summed E-state index contributed by atoms with van der Waals surface area (Å²) in [6, 6.07) is 12.4. The maximum Gasteiger partial charge on any atom is 0.407 e. The lowest BCUT2D eigenvalue weighted by Gasteiger charge is -2.39. The highest BCUT2D eigenvalue weighted by atomic mass is 79.9. The SMILES string of the molecule is COCCN(C(=O)O)C(CO[Si](C)(C)C(C)(C)C)c1cccc(NS(=O)(=O)c2ccc(Br)cc2)c1. The monoisotopic (exact) mass is 586 g/mol. The highest BCUT2D eigenvalue weighted by Gasteiger charge is 2.38. The molecular weight excluding hydrogens is 552 g/mol. The van der Waals surface area contributed by atoms with E-state index in [1.807, 2.05) is 0 Å². The standard InChI is InChI=1S/C24H35BrN2O6SSi/c1-24(2,3)35(5,6)33-17-22(27(23(28)29)14-15-32-4)18-8-7-9-20(16-18)26-34(30,31)21-12-10-19(25)11-13-21/h7-13,16,22,26H,14-15,17H2,1-6H3,(H,28,29). The van der Waals surface area contributed by atoms with Crippen LogP contribution in [0, 0.1) is 0 Å². The van der Waals surface area contributed by atoms with Crippen LogP contribution in [0.4, 0.5) is 10.5 Å². The zero-order valence-corrected chi connectivity index (χ0v) is 24.4. The fraction of sp³-hybridized carbons (Fsp3) is 0.458. The zero-order valence-electron chi connectivity index (χ0n) is 21.0. The third kappa shape index (κ3) is 8.04. The summed E-state index contributed by atoms with van der Waals surface area (Å²) in [5, 5.41) is 9.90. The molecule has 2 aromatic carbocycles. The molecule has 0 saturated heterocycles. The molecule has 0 heterocycles. The summed E-state index contributed by atoms with van der Waals surface area (Å²) >= 11 is 3.30. The van der Waals surface area contributed by atoms with Gasteiger partial charge in [0, 0.05) is 23.8 Å². The molecular formula is C24H35BrN2O6SSi. The predicted octanol–water partition coefficient (Wildman–Crippen LogP) is 5.94. The quantitative estimate of drug-likeness (QED) is 0.316. The fourth-order valence-corrected chi connectivity index (χ4v) is 5.40. The molecule has 1 amide bonds. The highest BCUT2D eigenvalue weighted by molar-refractivity contribution is 9.10. The summed E-state index contributed by atoms with van der Waals surface area (Å²) in [4.78, 5) is 13.6. The van der Waals surface area contributed by atoms with E-state index in [-0.39, 0.29) is 29.7 Å². The van der Waals surface area contributed by atoms with Crippen LogP contribution in [-0.2, 0) is 19.2 Å². The molecule has 2 rings (SSSR count). The molecule has 0 aliphatic carbocycles. The van der Waals surface area contributed by atoms with E-state index >= 15 is 0 Å². The molecule has 0 saturated carbocycles. The molecule has 0 fully saturated rings. The van der Waals surface area contributed by atoms with E-state index in [9.17, 15) is 18.3 Å². The zero-order chi connectivity index (χ0) is 26.4. The molecule has 0 bridgehead atoms. The lowest BCUT2D eigenvalue weighted by atomic mass is 10.1. The van der Waals surface area contributed by atoms with Gasteiger partial charge in [-0.05, 0) is 60.1 Å². The van der Waals surface area contributed by atoms with Crippen LogP contribution in [0.3, 0.4) is 0 Å². The van der Waals surface area contributed by atoms with Crippen LogP contribution in [0.25, 0.3) is 0 Å². The largest absolute Gasteiger partial charge is 0.465 e. The predicted molar refractivity (Wildman–Crippen MR) is 144 cm³/mol. The van der Waals surface area contributed by atoms with Crippen LogP contribution >= 0.6 is 15.9 Å². The second-order valence-corrected chi connectivity index (χ2v) is 17.1. The van der Waals surface area contributed by atoms with Crippen molar-refractivity contribution in [2.24, 2.45) is 0 Å². The number of rotatable bonds is 11. The van der Waals surface area contributed by atoms with Gasteiger partial charge in [0.2, 0.25) is 0 Å². The number of nitrogens with one attached hydrogen (secondary N) is 1. The van der Waals surface area contributed by atoms with Crippen LogP contribution < -0.4 is 4.72 Å². The first-order chi connectivity index (χ1) is 16.2. The van der Waals surface area contributed by atoms with E-state index in [4.69, 9.17) is 9.16 Å². The van der Waals surface area contributed by atoms with Crippen LogP contribution in [0.1, 0.15) is 32.4 Å². The number of halogens is 1. The van der Waals surface area contributed by atoms with Crippen LogP contribution in [0.2, 0.25) is 18.1 Å². The van der Waals surface area contributed by atoms with Crippen molar-refractivity contribution in [1.29, 1.82) is 0 Å². The minimum Gasteiger partial charge on any atom is -0.465 e. The number of anilines is 1. The minimum absolute atomic E-state index is 0.0553. The average molecular weight is 588 g/mol. The van der Waals surface area contributed by atoms with Gasteiger partial charge >= 0.3 is 6.09 Å². The third-order valence-electron chi connectivity index (χ3n) is 6.21. The van der Waals surface area contributed by atoms with Crippen LogP contribution in [-0.4, -0.2) is 59.7 Å². The molecule has 1 unspecified atom stereocenters. The molecule has 11 heteroatoms. The number of nitrogens with zero attached hydrogens (tertiary/aromatic N) is 1. The third-order valence-corrected chi connectivity index (χ3v) is 12.6. The number of benzene rings is 2. The Morgan fingerprint density at radius 3 is 2.34 bits per heavy atom. The van der Waals surface area contributed by atoms with Gasteiger partial charge in [-0.2, -0.15) is 0 Å². The first-order valence-electron chi connectivity index (χ1n) is 11.2. The fourth-order valence-electron chi connectivity index (χ4n) is 3.08. The summed E-state index contributed by atoms with van der Waals surface area (Å²) < 4.78 is 40.6. The van der Waals surface area contributed by atoms with Crippen molar-refractivity contribution in [2.45, 2.75) is 49.8 Å². The van der Waals surface area contributed by atoms with Gasteiger partial charge in [0.05, 0.1) is 24.2 Å². The number of ether oxygens (including phenoxy) is 1. The van der Waals surface area contributed by atoms with Gasteiger partial charge in [0.1, 0.15) is 0 Å². The Kier molecular flexibility index (Phi) is 9.94. The van der Waals surface area contributed by atoms with Gasteiger partial charge in [0.15, 0.2) is 8.32 Å². The molecule has 1 atom stereocenters. The van der Waals surface area contributed by atoms with Crippen molar-refractivity contribution >= 4 is 46.1 Å². The van der Waals surface area contributed by atoms with Crippen molar-refractivity contribution in [1.82, 2.24) is 4.90 Å². The van der Waals surface area contributed by atoms with Gasteiger partial charge in [0.25, 0.3) is 10.0 Å². The first kappa shape index (κ1) is 29.3. The number of carboxylic acid groups (broad SMARTS) is 1. The van der Waals surface area contributed by atoms with Crippen molar-refractivity contribution in [3.63, 3.8) is 0 Å². The van der Waals surface area contributed by atoms with Crippen molar-refractivity contribution in [3.05, 3.63) is 58.6 Å². The molecule has 194 valence electrons. The molecule has 0 spiro atoms. The van der Waals surface area contributed by atoms with E-state index < -0.39 is 30.5 Å². The van der Waals surface area contributed by atoms with E-state index in [1.165, 1.54) is 24.1 Å². The summed E-state index contributed by atoms with van der Waals surface area (Å²) in [6.07, 6.45) is -1.10. The Labute approximate surface area is 217 Å². The number of hydrogen-bond donors (Lipinski definition) is 2. The van der Waals surface area contributed by atoms with Gasteiger partial charge in [-0.25, -0.2) is 13.2 Å². The van der Waals surface area contributed by atoms with E-state index in [0.29, 0.717) is 11.3 Å². The molecule has 0 aromatic heterocycles. The lowest BCUT2D eigenvalue weighted by Crippen LogP contribution is -2.45. The number of methoxy groups -OCH3 is 1. The molecule has 0 aliphatic rings. The van der Waals surface area contributed by atoms with Gasteiger partial charge in [-0.1, -0.05) is 48.8 Å². The second-order valence-electron chi connectivity index (χ2n) is 9.74. The van der Waals surface area contributed by atoms with E-state index in [1.54, 1.807) is 36.4 Å². The number of carbonyl (C=O) groups is 1. The molecule has 0 aliphatic heterocycles. The van der Waals surface area contributed by atoms with Crippen LogP contribution in [0.15, 0.2) is 57.9 Å². The summed E-state index contributed by atoms with van der Waals surface area (Å²) in [5.41, 5.74) is 0.957. The second kappa shape index (κ2) is 11.9. The molecule has 2 N–H and O–H groups in total.